The Morgan fingerprint density at radius 2 is 0.700 bits per heavy atom. The van der Waals surface area contributed by atoms with Gasteiger partial charge in [0, 0.05) is 11.5 Å². The van der Waals surface area contributed by atoms with Crippen LogP contribution >= 0.6 is 43.2 Å². The minimum atomic E-state index is 1.35. The zero-order valence-corrected chi connectivity index (χ0v) is 16.2. The lowest BCUT2D eigenvalue weighted by atomic mass is 10.1. The molecule has 4 heteroatoms. The third-order valence-corrected chi connectivity index (χ3v) is 9.20. The fraction of sp³-hybridized carbons (Fsp3) is 1.00. The third kappa shape index (κ3) is 14.3. The lowest BCUT2D eigenvalue weighted by Crippen LogP contribution is -1.87. The highest BCUT2D eigenvalue weighted by Gasteiger charge is 1.97. The molecule has 1 heterocycles. The van der Waals surface area contributed by atoms with Crippen molar-refractivity contribution in [3.05, 3.63) is 0 Å². The zero-order chi connectivity index (χ0) is 14.1. The molecule has 0 spiro atoms. The Morgan fingerprint density at radius 3 is 1.15 bits per heavy atom. The Bertz CT molecular complexity index is 101. The van der Waals surface area contributed by atoms with Crippen molar-refractivity contribution in [3.8, 4) is 0 Å². The molecule has 0 amide bonds. The molecule has 0 N–H and O–H groups in total. The number of hydrogen-bond donors (Lipinski definition) is 0. The second-order valence-electron chi connectivity index (χ2n) is 5.57. The lowest BCUT2D eigenvalue weighted by molar-refractivity contribution is 0.588. The fourth-order valence-electron chi connectivity index (χ4n) is 2.35. The number of thioether (sulfide) groups is 1. The van der Waals surface area contributed by atoms with E-state index in [1.165, 1.54) is 100 Å². The summed E-state index contributed by atoms with van der Waals surface area (Å²) in [5.74, 6) is 5.52. The highest BCUT2D eigenvalue weighted by atomic mass is 33.5. The molecular weight excluding hydrogens is 320 g/mol. The molecule has 0 nitrogen and oxygen atoms in total. The zero-order valence-electron chi connectivity index (χ0n) is 12.9. The van der Waals surface area contributed by atoms with Crippen LogP contribution in [-0.4, -0.2) is 23.0 Å². The maximum absolute atomic E-state index is 2.19. The van der Waals surface area contributed by atoms with Crippen LogP contribution in [0, 0.1) is 0 Å². The summed E-state index contributed by atoms with van der Waals surface area (Å²) < 4.78 is 0. The van der Waals surface area contributed by atoms with Crippen molar-refractivity contribution in [3.63, 3.8) is 0 Å². The summed E-state index contributed by atoms with van der Waals surface area (Å²) in [6.07, 6.45) is 17.4. The number of hydrogen-bond acceptors (Lipinski definition) is 4. The predicted octanol–water partition coefficient (Wildman–Crippen LogP) is 7.44. The van der Waals surface area contributed by atoms with E-state index in [2.05, 4.69) is 33.3 Å². The predicted molar refractivity (Wildman–Crippen MR) is 105 cm³/mol. The monoisotopic (exact) mass is 352 g/mol. The molecule has 120 valence electrons. The van der Waals surface area contributed by atoms with Gasteiger partial charge in [0.1, 0.15) is 0 Å². The normalized spacial score (nSPS) is 24.0. The minimum absolute atomic E-state index is 1.35. The van der Waals surface area contributed by atoms with Crippen LogP contribution in [0.2, 0.25) is 0 Å². The van der Waals surface area contributed by atoms with Crippen molar-refractivity contribution in [1.82, 2.24) is 0 Å². The van der Waals surface area contributed by atoms with E-state index in [4.69, 9.17) is 0 Å². The summed E-state index contributed by atoms with van der Waals surface area (Å²) in [7, 11) is 6.19. The Morgan fingerprint density at radius 1 is 0.350 bits per heavy atom. The molecule has 0 saturated carbocycles. The molecule has 1 aliphatic rings. The largest absolute Gasteiger partial charge is 0.162 e. The van der Waals surface area contributed by atoms with Gasteiger partial charge in [-0.25, -0.2) is 0 Å². The standard InChI is InChI=1S/C16H32S4/c1-2-4-6-11-15-18-20-19-16-12-8-7-10-14-17-13-9-5-3-1/h1-16H2. The second kappa shape index (κ2) is 16.8. The van der Waals surface area contributed by atoms with Gasteiger partial charge in [-0.2, -0.15) is 11.8 Å². The Hall–Kier alpha value is 1.40. The fourth-order valence-corrected chi connectivity index (χ4v) is 7.37. The van der Waals surface area contributed by atoms with Gasteiger partial charge in [-0.15, -0.1) is 0 Å². The highest BCUT2D eigenvalue weighted by Crippen LogP contribution is 2.35. The summed E-state index contributed by atoms with van der Waals surface area (Å²) in [4.78, 5) is 0. The van der Waals surface area contributed by atoms with Crippen LogP contribution in [0.15, 0.2) is 0 Å². The molecule has 0 aliphatic carbocycles. The lowest BCUT2D eigenvalue weighted by Gasteiger charge is -2.05. The van der Waals surface area contributed by atoms with Gasteiger partial charge in [-0.3, -0.25) is 0 Å². The minimum Gasteiger partial charge on any atom is -0.162 e. The first kappa shape index (κ1) is 19.4. The maximum atomic E-state index is 2.19. The van der Waals surface area contributed by atoms with E-state index in [0.717, 1.165) is 0 Å². The maximum Gasteiger partial charge on any atom is 0.00451 e. The highest BCUT2D eigenvalue weighted by molar-refractivity contribution is 9.09. The van der Waals surface area contributed by atoms with E-state index in [0.29, 0.717) is 0 Å². The van der Waals surface area contributed by atoms with Crippen LogP contribution in [0.25, 0.3) is 0 Å². The molecule has 0 unspecified atom stereocenters. The number of rotatable bonds is 0. The first-order chi connectivity index (χ1) is 10.0. The van der Waals surface area contributed by atoms with Gasteiger partial charge < -0.3 is 0 Å². The molecule has 1 saturated heterocycles. The first-order valence-electron chi connectivity index (χ1n) is 8.49. The molecule has 0 atom stereocenters. The van der Waals surface area contributed by atoms with Crippen molar-refractivity contribution in [2.24, 2.45) is 0 Å². The molecule has 0 aromatic rings. The van der Waals surface area contributed by atoms with Crippen LogP contribution in [-0.2, 0) is 0 Å². The summed E-state index contributed by atoms with van der Waals surface area (Å²) >= 11 is 2.19. The van der Waals surface area contributed by atoms with Crippen LogP contribution in [0.3, 0.4) is 0 Å². The third-order valence-electron chi connectivity index (χ3n) is 3.63. The van der Waals surface area contributed by atoms with Gasteiger partial charge in [0.15, 0.2) is 0 Å². The van der Waals surface area contributed by atoms with Crippen LogP contribution < -0.4 is 0 Å². The van der Waals surface area contributed by atoms with Crippen LogP contribution in [0.5, 0.6) is 0 Å². The molecule has 0 aromatic carbocycles. The van der Waals surface area contributed by atoms with E-state index in [-0.39, 0.29) is 0 Å². The van der Waals surface area contributed by atoms with Crippen LogP contribution in [0.1, 0.15) is 77.0 Å². The topological polar surface area (TPSA) is 0 Å². The average Bonchev–Trinajstić information content (AvgIpc) is 2.46. The van der Waals surface area contributed by atoms with E-state index >= 15 is 0 Å². The smallest absolute Gasteiger partial charge is 0.00451 e. The van der Waals surface area contributed by atoms with Gasteiger partial charge in [0.2, 0.25) is 0 Å². The summed E-state index contributed by atoms with van der Waals surface area (Å²) in [5, 5.41) is 0. The summed E-state index contributed by atoms with van der Waals surface area (Å²) in [6, 6.07) is 0. The van der Waals surface area contributed by atoms with Crippen molar-refractivity contribution in [2.45, 2.75) is 77.0 Å². The van der Waals surface area contributed by atoms with E-state index in [1.807, 2.05) is 9.83 Å². The van der Waals surface area contributed by atoms with E-state index in [1.54, 1.807) is 0 Å². The Balaban J connectivity index is 2.00. The summed E-state index contributed by atoms with van der Waals surface area (Å²) in [5.41, 5.74) is 0. The molecule has 0 bridgehead atoms. The molecule has 1 aliphatic heterocycles. The molecule has 1 rings (SSSR count). The van der Waals surface area contributed by atoms with Crippen molar-refractivity contribution in [1.29, 1.82) is 0 Å². The quantitative estimate of drug-likeness (QED) is 0.415. The van der Waals surface area contributed by atoms with E-state index in [9.17, 15) is 0 Å². The van der Waals surface area contributed by atoms with Crippen molar-refractivity contribution >= 4 is 43.2 Å². The molecule has 20 heavy (non-hydrogen) atoms. The second-order valence-corrected chi connectivity index (χ2v) is 11.3. The van der Waals surface area contributed by atoms with Gasteiger partial charge in [-0.05, 0) is 47.0 Å². The van der Waals surface area contributed by atoms with Gasteiger partial charge in [0.25, 0.3) is 0 Å². The summed E-state index contributed by atoms with van der Waals surface area (Å²) in [6.45, 7) is 0. The van der Waals surface area contributed by atoms with Gasteiger partial charge in [-0.1, -0.05) is 73.0 Å². The molecular formula is C16H32S4. The molecule has 1 fully saturated rings. The molecule has 0 aromatic heterocycles. The van der Waals surface area contributed by atoms with Crippen molar-refractivity contribution < 1.29 is 0 Å². The molecule has 0 radical (unpaired) electrons. The average molecular weight is 353 g/mol. The van der Waals surface area contributed by atoms with Gasteiger partial charge >= 0.3 is 0 Å². The van der Waals surface area contributed by atoms with Crippen molar-refractivity contribution in [2.75, 3.05) is 23.0 Å². The SMILES string of the molecule is C1CCCCCSSSCCCCCCSCCCC1. The Labute approximate surface area is 142 Å². The first-order valence-corrected chi connectivity index (χ1v) is 13.5. The van der Waals surface area contributed by atoms with Gasteiger partial charge in [0.05, 0.1) is 0 Å². The van der Waals surface area contributed by atoms with E-state index < -0.39 is 0 Å². The van der Waals surface area contributed by atoms with Crippen LogP contribution in [0.4, 0.5) is 0 Å². The Kier molecular flexibility index (Phi) is 16.3.